The number of aliphatic hydroxyl groups is 1. The van der Waals surface area contributed by atoms with Gasteiger partial charge in [0.05, 0.1) is 16.8 Å². The SMILES string of the molecule is CC(=O)O[C@@H]1CCc2cc(c(O)c3c2[C@H]2C=C[C@@]4(CCC[C@H]4C2)O3)CN2C[C@](CC3=CCNC(N)=C3)(CCN=C(N)NC3(CCCC3)SSCCCCCC[C@H](O)C1)CC2=O. The summed E-state index contributed by atoms with van der Waals surface area (Å²) in [7, 11) is 3.80. The molecular formula is C47H68N6O6S2. The second kappa shape index (κ2) is 19.1. The minimum absolute atomic E-state index is 0.0363. The van der Waals surface area contributed by atoms with Crippen LogP contribution in [0.4, 0.5) is 0 Å². The number of rotatable bonds is 3. The largest absolute Gasteiger partial charge is 0.504 e. The van der Waals surface area contributed by atoms with Crippen molar-refractivity contribution in [3.63, 3.8) is 0 Å². The number of aryl methyl sites for hydroxylation is 1. The zero-order valence-corrected chi connectivity index (χ0v) is 37.7. The number of aromatic hydroxyl groups is 1. The number of hydrogen-bond donors (Lipinski definition) is 6. The highest BCUT2D eigenvalue weighted by molar-refractivity contribution is 8.77. The topological polar surface area (TPSA) is 185 Å². The summed E-state index contributed by atoms with van der Waals surface area (Å²) in [5.74, 6) is 2.92. The predicted molar refractivity (Wildman–Crippen MR) is 244 cm³/mol. The lowest BCUT2D eigenvalue weighted by Crippen LogP contribution is -2.47. The highest BCUT2D eigenvalue weighted by atomic mass is 33.1. The minimum atomic E-state index is -0.574. The van der Waals surface area contributed by atoms with Crippen molar-refractivity contribution < 1.29 is 29.3 Å². The monoisotopic (exact) mass is 876 g/mol. The molecule has 14 heteroatoms. The third-order valence-electron chi connectivity index (χ3n) is 14.5. The number of ether oxygens (including phenoxy) is 2. The predicted octanol–water partition coefficient (Wildman–Crippen LogP) is 7.33. The standard InChI is InChI=1S/C47H68N6O6S2/c1-31(54)58-38-12-11-33-24-35(42(57)43-41(33)34-13-18-46(59-43)15-8-9-36(46)25-34)29-53-30-45(28-40(53)56,27-32-14-20-50-39(48)23-32)19-21-51-44(49)52-47(16-5-6-17-47)61-60-22-7-3-2-4-10-37(55)26-38/h13-14,18,23-24,34,36-38,50,55,57H,2-12,15-17,19-22,25-30,48H2,1H3,(H3,49,51,52)/t34-,36-,37-,38+,45-,46+/m0/s1. The van der Waals surface area contributed by atoms with Gasteiger partial charge in [0, 0.05) is 80.1 Å². The molecule has 8 aliphatic rings. The van der Waals surface area contributed by atoms with Crippen LogP contribution in [0.1, 0.15) is 145 Å². The Hall–Kier alpha value is -3.49. The van der Waals surface area contributed by atoms with Crippen LogP contribution in [0.5, 0.6) is 11.5 Å². The molecule has 9 rings (SSSR count). The van der Waals surface area contributed by atoms with Crippen LogP contribution >= 0.6 is 21.6 Å². The third-order valence-corrected chi connectivity index (χ3v) is 17.7. The Morgan fingerprint density at radius 2 is 1.89 bits per heavy atom. The molecule has 0 aromatic heterocycles. The molecule has 0 radical (unpaired) electrons. The van der Waals surface area contributed by atoms with Gasteiger partial charge in [0.25, 0.3) is 0 Å². The number of allylic oxidation sites excluding steroid dienone is 3. The van der Waals surface area contributed by atoms with Gasteiger partial charge in [-0.15, -0.1) is 0 Å². The van der Waals surface area contributed by atoms with Crippen LogP contribution in [0.2, 0.25) is 0 Å². The van der Waals surface area contributed by atoms with E-state index in [1.54, 1.807) is 0 Å². The lowest BCUT2D eigenvalue weighted by Gasteiger charge is -2.34. The Labute approximate surface area is 370 Å². The second-order valence-electron chi connectivity index (χ2n) is 19.1. The molecular weight excluding hydrogens is 809 g/mol. The number of nitrogens with two attached hydrogens (primary N) is 2. The smallest absolute Gasteiger partial charge is 0.302 e. The zero-order chi connectivity index (χ0) is 42.6. The molecule has 12 nitrogen and oxygen atoms in total. The average Bonchev–Trinajstić information content (AvgIpc) is 3.87. The van der Waals surface area contributed by atoms with Crippen molar-refractivity contribution >= 4 is 39.4 Å². The number of aliphatic imine (C=N–C) groups is 1. The van der Waals surface area contributed by atoms with E-state index in [9.17, 15) is 19.8 Å². The molecule has 1 aromatic carbocycles. The van der Waals surface area contributed by atoms with Gasteiger partial charge in [-0.3, -0.25) is 14.6 Å². The van der Waals surface area contributed by atoms with Crippen LogP contribution in [0.15, 0.2) is 46.8 Å². The number of carbonyl (C=O) groups is 2. The van der Waals surface area contributed by atoms with Crippen LogP contribution in [0, 0.1) is 11.3 Å². The number of benzene rings is 1. The number of aliphatic hydroxyl groups excluding tert-OH is 1. The van der Waals surface area contributed by atoms with Crippen molar-refractivity contribution in [1.82, 2.24) is 15.5 Å². The Morgan fingerprint density at radius 3 is 2.70 bits per heavy atom. The van der Waals surface area contributed by atoms with Crippen molar-refractivity contribution in [3.8, 4) is 11.5 Å². The molecule has 0 unspecified atom stereocenters. The van der Waals surface area contributed by atoms with Gasteiger partial charge >= 0.3 is 5.97 Å². The quantitative estimate of drug-likeness (QED) is 0.101. The molecule has 5 aliphatic heterocycles. The molecule has 8 N–H and O–H groups in total. The van der Waals surface area contributed by atoms with Crippen LogP contribution in [-0.4, -0.2) is 81.0 Å². The number of fused-ring (bicyclic) bond motifs is 4. The summed E-state index contributed by atoms with van der Waals surface area (Å²) >= 11 is 0. The van der Waals surface area contributed by atoms with Gasteiger partial charge in [0.15, 0.2) is 17.5 Å². The normalized spacial score (nSPS) is 32.3. The minimum Gasteiger partial charge on any atom is -0.504 e. The highest BCUT2D eigenvalue weighted by Gasteiger charge is 2.51. The van der Waals surface area contributed by atoms with Crippen molar-refractivity contribution in [2.45, 2.75) is 164 Å². The van der Waals surface area contributed by atoms with E-state index in [2.05, 4.69) is 34.9 Å². The molecule has 2 saturated carbocycles. The van der Waals surface area contributed by atoms with E-state index in [1.807, 2.05) is 32.6 Å². The van der Waals surface area contributed by atoms with Crippen LogP contribution in [0.25, 0.3) is 0 Å². The zero-order valence-electron chi connectivity index (χ0n) is 36.1. The van der Waals surface area contributed by atoms with Gasteiger partial charge in [-0.05, 0) is 106 Å². The molecule has 6 atom stereocenters. The third kappa shape index (κ3) is 10.3. The van der Waals surface area contributed by atoms with E-state index in [4.69, 9.17) is 25.9 Å². The maximum Gasteiger partial charge on any atom is 0.302 e. The molecule has 1 amide bonds. The molecule has 1 aromatic rings. The fourth-order valence-electron chi connectivity index (χ4n) is 11.4. The highest BCUT2D eigenvalue weighted by Crippen LogP contribution is 2.57. The fraction of sp³-hybridized carbons (Fsp3) is 0.681. The molecule has 6 bridgehead atoms. The van der Waals surface area contributed by atoms with E-state index < -0.39 is 23.2 Å². The Kier molecular flexibility index (Phi) is 13.8. The van der Waals surface area contributed by atoms with E-state index in [1.165, 1.54) is 6.92 Å². The van der Waals surface area contributed by atoms with E-state index in [-0.39, 0.29) is 35.0 Å². The van der Waals surface area contributed by atoms with Crippen LogP contribution in [-0.2, 0) is 27.3 Å². The lowest BCUT2D eigenvalue weighted by molar-refractivity contribution is -0.148. The maximum atomic E-state index is 14.3. The van der Waals surface area contributed by atoms with E-state index in [0.29, 0.717) is 93.6 Å². The molecule has 2 spiro atoms. The van der Waals surface area contributed by atoms with E-state index in [0.717, 1.165) is 99.5 Å². The fourth-order valence-corrected chi connectivity index (χ4v) is 14.6. The number of nitrogens with zero attached hydrogens (tertiary/aromatic N) is 2. The summed E-state index contributed by atoms with van der Waals surface area (Å²) in [6, 6.07) is 2.07. The molecule has 61 heavy (non-hydrogen) atoms. The number of nitrogens with one attached hydrogen (secondary N) is 2. The number of amides is 1. The van der Waals surface area contributed by atoms with Crippen molar-refractivity contribution in [1.29, 1.82) is 0 Å². The summed E-state index contributed by atoms with van der Waals surface area (Å²) in [5, 5.41) is 30.3. The number of guanidine groups is 1. The molecule has 3 fully saturated rings. The molecule has 1 saturated heterocycles. The Bertz CT molecular complexity index is 1910. The van der Waals surface area contributed by atoms with Crippen LogP contribution in [0.3, 0.4) is 0 Å². The van der Waals surface area contributed by atoms with Crippen molar-refractivity contribution in [2.24, 2.45) is 27.8 Å². The number of phenols is 1. The number of esters is 1. The molecule has 334 valence electrons. The van der Waals surface area contributed by atoms with Gasteiger partial charge in [-0.2, -0.15) is 0 Å². The summed E-state index contributed by atoms with van der Waals surface area (Å²) in [4.78, 5) is 33.3. The summed E-state index contributed by atoms with van der Waals surface area (Å²) in [5.41, 5.74) is 15.8. The summed E-state index contributed by atoms with van der Waals surface area (Å²) in [6.07, 6.45) is 24.0. The van der Waals surface area contributed by atoms with E-state index >= 15 is 0 Å². The van der Waals surface area contributed by atoms with Crippen molar-refractivity contribution in [3.05, 3.63) is 58.5 Å². The summed E-state index contributed by atoms with van der Waals surface area (Å²) in [6.45, 7) is 3.29. The molecule has 5 heterocycles. The first-order valence-electron chi connectivity index (χ1n) is 23.1. The lowest BCUT2D eigenvalue weighted by atomic mass is 9.75. The van der Waals surface area contributed by atoms with Gasteiger partial charge in [0.1, 0.15) is 11.7 Å². The van der Waals surface area contributed by atoms with Gasteiger partial charge in [0.2, 0.25) is 5.91 Å². The number of hydrogen-bond acceptors (Lipinski definition) is 13. The van der Waals surface area contributed by atoms with Gasteiger partial charge in [-0.25, -0.2) is 0 Å². The van der Waals surface area contributed by atoms with Gasteiger partial charge in [-0.1, -0.05) is 65.8 Å². The number of dihydropyridines is 1. The Balaban J connectivity index is 1.11. The maximum absolute atomic E-state index is 14.3. The average molecular weight is 877 g/mol. The first kappa shape index (κ1) is 44.1. The second-order valence-corrected chi connectivity index (χ2v) is 21.9. The Morgan fingerprint density at radius 1 is 1.05 bits per heavy atom. The molecule has 3 aliphatic carbocycles. The first-order valence-corrected chi connectivity index (χ1v) is 25.4. The summed E-state index contributed by atoms with van der Waals surface area (Å²) < 4.78 is 12.9. The van der Waals surface area contributed by atoms with Crippen LogP contribution < -0.4 is 26.8 Å². The van der Waals surface area contributed by atoms with Gasteiger partial charge < -0.3 is 46.7 Å². The number of phenolic OH excluding ortho intramolecular Hbond substituents is 1. The van der Waals surface area contributed by atoms with Crippen molar-refractivity contribution in [2.75, 3.05) is 25.4 Å². The number of carbonyl (C=O) groups excluding carboxylic acids is 2. The first-order chi connectivity index (χ1) is 29.4.